The van der Waals surface area contributed by atoms with E-state index in [-0.39, 0.29) is 11.9 Å². The van der Waals surface area contributed by atoms with Gasteiger partial charge in [0, 0.05) is 57.8 Å². The minimum Gasteiger partial charge on any atom is -0.469 e. The number of furan rings is 1. The third-order valence-electron chi connectivity index (χ3n) is 4.46. The number of aromatic nitrogens is 1. The first-order valence-electron chi connectivity index (χ1n) is 8.91. The molecule has 2 aromatic rings. The van der Waals surface area contributed by atoms with Crippen LogP contribution in [0.2, 0.25) is 0 Å². The molecule has 0 unspecified atom stereocenters. The largest absolute Gasteiger partial charge is 0.469 e. The number of aryl methyl sites for hydroxylation is 1. The van der Waals surface area contributed by atoms with Gasteiger partial charge in [0.1, 0.15) is 11.6 Å². The number of hydrogen-bond acceptors (Lipinski definition) is 5. The highest BCUT2D eigenvalue weighted by molar-refractivity contribution is 5.76. The van der Waals surface area contributed by atoms with Crippen LogP contribution in [0.25, 0.3) is 0 Å². The van der Waals surface area contributed by atoms with E-state index in [0.29, 0.717) is 12.8 Å². The van der Waals surface area contributed by atoms with Crippen molar-refractivity contribution < 1.29 is 9.21 Å². The monoisotopic (exact) mass is 342 g/mol. The van der Waals surface area contributed by atoms with Crippen LogP contribution in [-0.4, -0.2) is 54.6 Å². The van der Waals surface area contributed by atoms with Crippen molar-refractivity contribution in [2.75, 3.05) is 37.6 Å². The van der Waals surface area contributed by atoms with E-state index in [1.165, 1.54) is 0 Å². The zero-order chi connectivity index (χ0) is 17.5. The minimum absolute atomic E-state index is 0.0796. The summed E-state index contributed by atoms with van der Waals surface area (Å²) in [5.41, 5.74) is 0. The summed E-state index contributed by atoms with van der Waals surface area (Å²) in [6, 6.07) is 9.91. The Morgan fingerprint density at radius 2 is 2.08 bits per heavy atom. The Morgan fingerprint density at radius 3 is 2.76 bits per heavy atom. The van der Waals surface area contributed by atoms with Crippen LogP contribution in [0.15, 0.2) is 47.2 Å². The average Bonchev–Trinajstić information content (AvgIpc) is 3.15. The first kappa shape index (κ1) is 17.5. The van der Waals surface area contributed by atoms with Crippen molar-refractivity contribution in [1.82, 2.24) is 15.2 Å². The van der Waals surface area contributed by atoms with Gasteiger partial charge in [0.25, 0.3) is 0 Å². The Balaban J connectivity index is 1.36. The Labute approximate surface area is 148 Å². The molecule has 0 bridgehead atoms. The van der Waals surface area contributed by atoms with E-state index in [1.807, 2.05) is 30.5 Å². The molecule has 6 nitrogen and oxygen atoms in total. The summed E-state index contributed by atoms with van der Waals surface area (Å²) in [5, 5.41) is 3.08. The average molecular weight is 342 g/mol. The fourth-order valence-electron chi connectivity index (χ4n) is 3.17. The van der Waals surface area contributed by atoms with Crippen LogP contribution in [0.3, 0.4) is 0 Å². The number of carbonyl (C=O) groups excluding carboxylic acids is 1. The second-order valence-electron chi connectivity index (χ2n) is 6.52. The second kappa shape index (κ2) is 8.67. The molecule has 0 aromatic carbocycles. The summed E-state index contributed by atoms with van der Waals surface area (Å²) in [7, 11) is 0. The molecule has 6 heteroatoms. The third kappa shape index (κ3) is 5.32. The van der Waals surface area contributed by atoms with Gasteiger partial charge < -0.3 is 14.6 Å². The smallest absolute Gasteiger partial charge is 0.220 e. The maximum atomic E-state index is 12.0. The first-order valence-corrected chi connectivity index (χ1v) is 8.91. The van der Waals surface area contributed by atoms with Gasteiger partial charge in [-0.25, -0.2) is 4.98 Å². The Morgan fingerprint density at radius 1 is 1.24 bits per heavy atom. The first-order chi connectivity index (χ1) is 12.2. The van der Waals surface area contributed by atoms with Gasteiger partial charge >= 0.3 is 0 Å². The lowest BCUT2D eigenvalue weighted by Gasteiger charge is -2.36. The predicted octanol–water partition coefficient (Wildman–Crippen LogP) is 1.93. The highest BCUT2D eigenvalue weighted by atomic mass is 16.3. The molecule has 3 rings (SSSR count). The molecule has 0 spiro atoms. The minimum atomic E-state index is 0.0796. The van der Waals surface area contributed by atoms with Crippen molar-refractivity contribution in [3.8, 4) is 0 Å². The summed E-state index contributed by atoms with van der Waals surface area (Å²) in [5.74, 6) is 1.98. The van der Waals surface area contributed by atoms with Crippen LogP contribution in [0, 0.1) is 0 Å². The zero-order valence-electron chi connectivity index (χ0n) is 14.7. The van der Waals surface area contributed by atoms with Crippen molar-refractivity contribution in [2.24, 2.45) is 0 Å². The standard InChI is InChI=1S/C19H26N4O2/c1-16(21-19(24)8-7-17-5-4-14-25-17)15-22-10-12-23(13-11-22)18-6-2-3-9-20-18/h2-6,9,14,16H,7-8,10-13,15H2,1H3,(H,21,24)/t16-/m0/s1. The van der Waals surface area contributed by atoms with Gasteiger partial charge in [-0.2, -0.15) is 0 Å². The number of amides is 1. The number of nitrogens with zero attached hydrogens (tertiary/aromatic N) is 3. The summed E-state index contributed by atoms with van der Waals surface area (Å²) in [6.45, 7) is 6.86. The lowest BCUT2D eigenvalue weighted by atomic mass is 10.2. The SMILES string of the molecule is C[C@@H](CN1CCN(c2ccccn2)CC1)NC(=O)CCc1ccco1. The molecule has 3 heterocycles. The fourth-order valence-corrected chi connectivity index (χ4v) is 3.17. The number of rotatable bonds is 7. The number of nitrogens with one attached hydrogen (secondary N) is 1. The number of carbonyl (C=O) groups is 1. The van der Waals surface area contributed by atoms with Crippen LogP contribution in [0.5, 0.6) is 0 Å². The van der Waals surface area contributed by atoms with Crippen molar-refractivity contribution in [2.45, 2.75) is 25.8 Å². The highest BCUT2D eigenvalue weighted by Crippen LogP contribution is 2.12. The summed E-state index contributed by atoms with van der Waals surface area (Å²) in [4.78, 5) is 21.2. The van der Waals surface area contributed by atoms with Crippen LogP contribution in [0.4, 0.5) is 5.82 Å². The molecule has 1 N–H and O–H groups in total. The van der Waals surface area contributed by atoms with Crippen LogP contribution >= 0.6 is 0 Å². The van der Waals surface area contributed by atoms with Gasteiger partial charge in [0.2, 0.25) is 5.91 Å². The van der Waals surface area contributed by atoms with Gasteiger partial charge in [-0.1, -0.05) is 6.07 Å². The summed E-state index contributed by atoms with van der Waals surface area (Å²) in [6.07, 6.45) is 4.59. The Bertz CT molecular complexity index is 637. The molecule has 0 radical (unpaired) electrons. The molecule has 1 aliphatic rings. The molecule has 0 aliphatic carbocycles. The lowest BCUT2D eigenvalue weighted by molar-refractivity contribution is -0.121. The molecule has 1 fully saturated rings. The van der Waals surface area contributed by atoms with E-state index in [0.717, 1.165) is 44.3 Å². The molecule has 1 atom stereocenters. The highest BCUT2D eigenvalue weighted by Gasteiger charge is 2.20. The molecule has 25 heavy (non-hydrogen) atoms. The van der Waals surface area contributed by atoms with Gasteiger partial charge in [-0.15, -0.1) is 0 Å². The van der Waals surface area contributed by atoms with E-state index in [1.54, 1.807) is 6.26 Å². The number of pyridine rings is 1. The molecular weight excluding hydrogens is 316 g/mol. The maximum absolute atomic E-state index is 12.0. The van der Waals surface area contributed by atoms with Crippen molar-refractivity contribution in [3.63, 3.8) is 0 Å². The predicted molar refractivity (Wildman–Crippen MR) is 97.5 cm³/mol. The number of anilines is 1. The van der Waals surface area contributed by atoms with Crippen LogP contribution in [0.1, 0.15) is 19.1 Å². The quantitative estimate of drug-likeness (QED) is 0.833. The maximum Gasteiger partial charge on any atom is 0.220 e. The van der Waals surface area contributed by atoms with Crippen molar-refractivity contribution >= 4 is 11.7 Å². The second-order valence-corrected chi connectivity index (χ2v) is 6.52. The zero-order valence-corrected chi connectivity index (χ0v) is 14.7. The van der Waals surface area contributed by atoms with Crippen LogP contribution in [-0.2, 0) is 11.2 Å². The van der Waals surface area contributed by atoms with E-state index < -0.39 is 0 Å². The van der Waals surface area contributed by atoms with Crippen LogP contribution < -0.4 is 10.2 Å². The Kier molecular flexibility index (Phi) is 6.06. The van der Waals surface area contributed by atoms with E-state index in [4.69, 9.17) is 4.42 Å². The summed E-state index contributed by atoms with van der Waals surface area (Å²) >= 11 is 0. The Hall–Kier alpha value is -2.34. The molecule has 2 aromatic heterocycles. The molecule has 0 saturated carbocycles. The number of hydrogen-bond donors (Lipinski definition) is 1. The molecular formula is C19H26N4O2. The third-order valence-corrected chi connectivity index (χ3v) is 4.46. The van der Waals surface area contributed by atoms with Crippen molar-refractivity contribution in [3.05, 3.63) is 48.6 Å². The summed E-state index contributed by atoms with van der Waals surface area (Å²) < 4.78 is 5.26. The lowest BCUT2D eigenvalue weighted by Crippen LogP contribution is -2.51. The van der Waals surface area contributed by atoms with Gasteiger partial charge in [-0.3, -0.25) is 9.69 Å². The van der Waals surface area contributed by atoms with E-state index in [2.05, 4.69) is 33.1 Å². The van der Waals surface area contributed by atoms with Crippen molar-refractivity contribution in [1.29, 1.82) is 0 Å². The molecule has 134 valence electrons. The fraction of sp³-hybridized carbons (Fsp3) is 0.474. The van der Waals surface area contributed by atoms with Gasteiger partial charge in [-0.05, 0) is 31.2 Å². The normalized spacial score (nSPS) is 16.6. The molecule has 1 amide bonds. The topological polar surface area (TPSA) is 61.6 Å². The van der Waals surface area contributed by atoms with Gasteiger partial charge in [0.15, 0.2) is 0 Å². The molecule has 1 aliphatic heterocycles. The molecule has 1 saturated heterocycles. The van der Waals surface area contributed by atoms with Gasteiger partial charge in [0.05, 0.1) is 6.26 Å². The number of piperazine rings is 1. The van der Waals surface area contributed by atoms with E-state index >= 15 is 0 Å². The van der Waals surface area contributed by atoms with E-state index in [9.17, 15) is 4.79 Å².